The zero-order valence-electron chi connectivity index (χ0n) is 10.5. The predicted octanol–water partition coefficient (Wildman–Crippen LogP) is 3.36. The number of ether oxygens (including phenoxy) is 1. The zero-order chi connectivity index (χ0) is 12.3. The van der Waals surface area contributed by atoms with E-state index in [2.05, 4.69) is 31.2 Å². The van der Waals surface area contributed by atoms with Crippen LogP contribution in [0.5, 0.6) is 0 Å². The topological polar surface area (TPSA) is 26.3 Å². The van der Waals surface area contributed by atoms with Crippen molar-refractivity contribution in [2.75, 3.05) is 7.11 Å². The molecule has 0 saturated heterocycles. The lowest BCUT2D eigenvalue weighted by Gasteiger charge is -2.07. The minimum Gasteiger partial charge on any atom is -0.466 e. The summed E-state index contributed by atoms with van der Waals surface area (Å²) in [6.07, 6.45) is 3.92. The Bertz CT molecular complexity index is 440. The number of rotatable bonds is 3. The first-order chi connectivity index (χ1) is 8.26. The first kappa shape index (κ1) is 11.9. The Morgan fingerprint density at radius 3 is 2.53 bits per heavy atom. The predicted molar refractivity (Wildman–Crippen MR) is 68.6 cm³/mol. The molecule has 17 heavy (non-hydrogen) atoms. The molecule has 0 aliphatic heterocycles. The van der Waals surface area contributed by atoms with Gasteiger partial charge in [0, 0.05) is 5.57 Å². The average Bonchev–Trinajstić information content (AvgIpc) is 2.87. The summed E-state index contributed by atoms with van der Waals surface area (Å²) in [5, 5.41) is 0. The van der Waals surface area contributed by atoms with Crippen LogP contribution in [-0.2, 0) is 16.0 Å². The molecule has 1 aromatic rings. The number of aryl methyl sites for hydroxylation is 1. The summed E-state index contributed by atoms with van der Waals surface area (Å²) >= 11 is 0. The van der Waals surface area contributed by atoms with Crippen molar-refractivity contribution < 1.29 is 9.53 Å². The number of esters is 1. The van der Waals surface area contributed by atoms with Crippen LogP contribution in [0.2, 0.25) is 0 Å². The standard InChI is InChI=1S/C15H18O2/c1-3-11-7-9-12(10-8-11)13-5-4-6-14(13)15(16)17-2/h7-10H,3-6H2,1-2H3. The number of hydrogen-bond acceptors (Lipinski definition) is 2. The van der Waals surface area contributed by atoms with Crippen LogP contribution in [0.3, 0.4) is 0 Å². The third kappa shape index (κ3) is 2.41. The molecule has 2 nitrogen and oxygen atoms in total. The summed E-state index contributed by atoms with van der Waals surface area (Å²) in [5.41, 5.74) is 4.52. The minimum atomic E-state index is -0.169. The molecular formula is C15H18O2. The molecule has 2 heteroatoms. The second-order valence-electron chi connectivity index (χ2n) is 4.35. The van der Waals surface area contributed by atoms with Crippen molar-refractivity contribution in [1.82, 2.24) is 0 Å². The molecule has 0 fully saturated rings. The van der Waals surface area contributed by atoms with Gasteiger partial charge in [-0.15, -0.1) is 0 Å². The van der Waals surface area contributed by atoms with Crippen molar-refractivity contribution in [3.63, 3.8) is 0 Å². The highest BCUT2D eigenvalue weighted by Crippen LogP contribution is 2.34. The van der Waals surface area contributed by atoms with Crippen LogP contribution in [0.25, 0.3) is 5.57 Å². The van der Waals surface area contributed by atoms with E-state index in [4.69, 9.17) is 4.74 Å². The van der Waals surface area contributed by atoms with E-state index in [1.54, 1.807) is 0 Å². The Labute approximate surface area is 102 Å². The maximum atomic E-state index is 11.6. The lowest BCUT2D eigenvalue weighted by atomic mass is 10.00. The van der Waals surface area contributed by atoms with Gasteiger partial charge in [-0.05, 0) is 42.4 Å². The summed E-state index contributed by atoms with van der Waals surface area (Å²) in [4.78, 5) is 11.6. The van der Waals surface area contributed by atoms with Gasteiger partial charge in [0.2, 0.25) is 0 Å². The van der Waals surface area contributed by atoms with Crippen LogP contribution < -0.4 is 0 Å². The number of carbonyl (C=O) groups excluding carboxylic acids is 1. The molecule has 0 N–H and O–H groups in total. The molecule has 0 unspecified atom stereocenters. The van der Waals surface area contributed by atoms with E-state index in [9.17, 15) is 4.79 Å². The molecule has 0 atom stereocenters. The van der Waals surface area contributed by atoms with Gasteiger partial charge in [-0.25, -0.2) is 4.79 Å². The first-order valence-electron chi connectivity index (χ1n) is 6.16. The Morgan fingerprint density at radius 1 is 1.24 bits per heavy atom. The van der Waals surface area contributed by atoms with Crippen LogP contribution in [0.15, 0.2) is 29.8 Å². The fourth-order valence-electron chi connectivity index (χ4n) is 2.35. The van der Waals surface area contributed by atoms with E-state index in [0.29, 0.717) is 0 Å². The van der Waals surface area contributed by atoms with Crippen LogP contribution in [0, 0.1) is 0 Å². The van der Waals surface area contributed by atoms with Gasteiger partial charge in [-0.2, -0.15) is 0 Å². The maximum Gasteiger partial charge on any atom is 0.334 e. The van der Waals surface area contributed by atoms with E-state index < -0.39 is 0 Å². The Kier molecular flexibility index (Phi) is 3.62. The quantitative estimate of drug-likeness (QED) is 0.744. The lowest BCUT2D eigenvalue weighted by molar-refractivity contribution is -0.136. The summed E-state index contributed by atoms with van der Waals surface area (Å²) < 4.78 is 4.83. The summed E-state index contributed by atoms with van der Waals surface area (Å²) in [6.45, 7) is 2.14. The summed E-state index contributed by atoms with van der Waals surface area (Å²) in [5.74, 6) is -0.169. The third-order valence-corrected chi connectivity index (χ3v) is 3.36. The van der Waals surface area contributed by atoms with Crippen molar-refractivity contribution in [3.05, 3.63) is 41.0 Å². The molecule has 0 saturated carbocycles. The maximum absolute atomic E-state index is 11.6. The minimum absolute atomic E-state index is 0.169. The van der Waals surface area contributed by atoms with Crippen LogP contribution in [0.1, 0.15) is 37.3 Å². The fraction of sp³-hybridized carbons (Fsp3) is 0.400. The molecule has 0 radical (unpaired) electrons. The van der Waals surface area contributed by atoms with E-state index >= 15 is 0 Å². The Morgan fingerprint density at radius 2 is 1.94 bits per heavy atom. The van der Waals surface area contributed by atoms with Gasteiger partial charge < -0.3 is 4.74 Å². The highest BCUT2D eigenvalue weighted by molar-refractivity contribution is 5.98. The van der Waals surface area contributed by atoms with Crippen molar-refractivity contribution in [2.24, 2.45) is 0 Å². The zero-order valence-corrected chi connectivity index (χ0v) is 10.5. The van der Waals surface area contributed by atoms with Crippen molar-refractivity contribution in [3.8, 4) is 0 Å². The van der Waals surface area contributed by atoms with Crippen LogP contribution in [-0.4, -0.2) is 13.1 Å². The summed E-state index contributed by atoms with van der Waals surface area (Å²) in [6, 6.07) is 8.50. The van der Waals surface area contributed by atoms with Gasteiger partial charge in [0.15, 0.2) is 0 Å². The second-order valence-corrected chi connectivity index (χ2v) is 4.35. The van der Waals surface area contributed by atoms with Gasteiger partial charge >= 0.3 is 5.97 Å². The van der Waals surface area contributed by atoms with Gasteiger partial charge in [0.05, 0.1) is 7.11 Å². The fourth-order valence-corrected chi connectivity index (χ4v) is 2.35. The second kappa shape index (κ2) is 5.17. The van der Waals surface area contributed by atoms with Crippen molar-refractivity contribution >= 4 is 11.5 Å². The third-order valence-electron chi connectivity index (χ3n) is 3.36. The van der Waals surface area contributed by atoms with E-state index in [-0.39, 0.29) is 5.97 Å². The van der Waals surface area contributed by atoms with E-state index in [1.165, 1.54) is 23.8 Å². The number of allylic oxidation sites excluding steroid dienone is 1. The SMILES string of the molecule is CCc1ccc(C2=C(C(=O)OC)CCC2)cc1. The van der Waals surface area contributed by atoms with Gasteiger partial charge in [-0.3, -0.25) is 0 Å². The Balaban J connectivity index is 2.33. The smallest absolute Gasteiger partial charge is 0.334 e. The number of hydrogen-bond donors (Lipinski definition) is 0. The number of benzene rings is 1. The highest BCUT2D eigenvalue weighted by atomic mass is 16.5. The van der Waals surface area contributed by atoms with Gasteiger partial charge in [0.25, 0.3) is 0 Å². The molecule has 0 bridgehead atoms. The van der Waals surface area contributed by atoms with Crippen LogP contribution >= 0.6 is 0 Å². The summed E-state index contributed by atoms with van der Waals surface area (Å²) in [7, 11) is 1.45. The molecule has 1 aliphatic rings. The molecule has 0 spiro atoms. The number of carbonyl (C=O) groups is 1. The molecule has 1 aromatic carbocycles. The van der Waals surface area contributed by atoms with Gasteiger partial charge in [0.1, 0.15) is 0 Å². The molecule has 0 amide bonds. The largest absolute Gasteiger partial charge is 0.466 e. The van der Waals surface area contributed by atoms with Crippen molar-refractivity contribution in [2.45, 2.75) is 32.6 Å². The average molecular weight is 230 g/mol. The first-order valence-corrected chi connectivity index (χ1v) is 6.16. The van der Waals surface area contributed by atoms with Crippen molar-refractivity contribution in [1.29, 1.82) is 0 Å². The molecular weight excluding hydrogens is 212 g/mol. The van der Waals surface area contributed by atoms with Crippen LogP contribution in [0.4, 0.5) is 0 Å². The van der Waals surface area contributed by atoms with Gasteiger partial charge in [-0.1, -0.05) is 31.2 Å². The molecule has 0 heterocycles. The monoisotopic (exact) mass is 230 g/mol. The normalized spacial score (nSPS) is 15.2. The lowest BCUT2D eigenvalue weighted by Crippen LogP contribution is -2.04. The Hall–Kier alpha value is -1.57. The molecule has 2 rings (SSSR count). The van der Waals surface area contributed by atoms with E-state index in [1.807, 2.05) is 0 Å². The number of methoxy groups -OCH3 is 1. The molecule has 0 aromatic heterocycles. The highest BCUT2D eigenvalue weighted by Gasteiger charge is 2.22. The molecule has 1 aliphatic carbocycles. The molecule has 90 valence electrons. The van der Waals surface area contributed by atoms with E-state index in [0.717, 1.165) is 31.3 Å².